The summed E-state index contributed by atoms with van der Waals surface area (Å²) < 4.78 is 40.5. The van der Waals surface area contributed by atoms with E-state index in [0.29, 0.717) is 19.4 Å². The smallest absolute Gasteiger partial charge is 0.310 e. The van der Waals surface area contributed by atoms with E-state index in [4.69, 9.17) is 9.47 Å². The number of alkyl halides is 2. The van der Waals surface area contributed by atoms with Crippen molar-refractivity contribution in [3.63, 3.8) is 0 Å². The van der Waals surface area contributed by atoms with Crippen LogP contribution in [0.25, 0.3) is 0 Å². The van der Waals surface area contributed by atoms with Gasteiger partial charge in [0, 0.05) is 31.6 Å². The Morgan fingerprint density at radius 1 is 1.39 bits per heavy atom. The number of carbonyl (C=O) groups excluding carboxylic acids is 1. The lowest BCUT2D eigenvalue weighted by atomic mass is 9.87. The van der Waals surface area contributed by atoms with Crippen molar-refractivity contribution in [1.29, 1.82) is 0 Å². The van der Waals surface area contributed by atoms with Gasteiger partial charge in [-0.3, -0.25) is 4.79 Å². The standard InChI is InChI=1S/C24H34F2O5/c1-4-6-7-10-16(3)18(27)14-13-17-19(28)15-20-23(17)24(25,26)21(31-20)11-8-9-12-22(29)30-5-2/h11,13-14,16-20,23,27-28H,4-5,8-10,12,15H2,1-3H3/b14-13+,21-11+/t16-,17-,18+,19+,20-,23+/m0/s1. The minimum absolute atomic E-state index is 0.114. The fraction of sp³-hybridized carbons (Fsp3) is 0.708. The zero-order valence-electron chi connectivity index (χ0n) is 18.5. The van der Waals surface area contributed by atoms with Crippen molar-refractivity contribution in [2.75, 3.05) is 6.61 Å². The van der Waals surface area contributed by atoms with Crippen LogP contribution in [-0.4, -0.2) is 47.0 Å². The number of esters is 1. The molecule has 174 valence electrons. The summed E-state index contributed by atoms with van der Waals surface area (Å²) in [4.78, 5) is 11.4. The average molecular weight is 441 g/mol. The first-order chi connectivity index (χ1) is 14.7. The Morgan fingerprint density at radius 3 is 2.81 bits per heavy atom. The molecule has 7 heteroatoms. The maximum atomic E-state index is 15.1. The van der Waals surface area contributed by atoms with Gasteiger partial charge in [0.2, 0.25) is 0 Å². The summed E-state index contributed by atoms with van der Waals surface area (Å²) in [5.74, 6) is -0.166. The first kappa shape index (κ1) is 25.4. The first-order valence-corrected chi connectivity index (χ1v) is 11.1. The van der Waals surface area contributed by atoms with Crippen LogP contribution in [0.5, 0.6) is 0 Å². The number of ether oxygens (including phenoxy) is 2. The normalized spacial score (nSPS) is 29.8. The number of carbonyl (C=O) groups is 1. The number of fused-ring (bicyclic) bond motifs is 1. The molecule has 2 N–H and O–H groups in total. The third kappa shape index (κ3) is 6.54. The lowest BCUT2D eigenvalue weighted by Gasteiger charge is -2.23. The lowest BCUT2D eigenvalue weighted by Crippen LogP contribution is -2.33. The van der Waals surface area contributed by atoms with E-state index in [1.165, 1.54) is 18.2 Å². The maximum absolute atomic E-state index is 15.1. The molecule has 0 aromatic carbocycles. The Balaban J connectivity index is 2.00. The van der Waals surface area contributed by atoms with Crippen LogP contribution >= 0.6 is 0 Å². The molecule has 2 rings (SSSR count). The number of hydrogen-bond donors (Lipinski definition) is 2. The molecule has 5 nitrogen and oxygen atoms in total. The maximum Gasteiger partial charge on any atom is 0.310 e. The minimum atomic E-state index is -3.22. The average Bonchev–Trinajstić information content (AvgIpc) is 3.15. The van der Waals surface area contributed by atoms with Crippen molar-refractivity contribution in [3.8, 4) is 11.8 Å². The van der Waals surface area contributed by atoms with Crippen molar-refractivity contribution < 1.29 is 33.3 Å². The van der Waals surface area contributed by atoms with Crippen molar-refractivity contribution in [2.24, 2.45) is 17.8 Å². The molecule has 2 aliphatic rings. The van der Waals surface area contributed by atoms with Gasteiger partial charge in [0.05, 0.1) is 24.7 Å². The fourth-order valence-corrected chi connectivity index (χ4v) is 4.09. The van der Waals surface area contributed by atoms with Crippen LogP contribution in [-0.2, 0) is 14.3 Å². The number of aliphatic hydroxyl groups is 2. The van der Waals surface area contributed by atoms with Gasteiger partial charge >= 0.3 is 11.9 Å². The van der Waals surface area contributed by atoms with Crippen LogP contribution in [0.3, 0.4) is 0 Å². The van der Waals surface area contributed by atoms with Crippen molar-refractivity contribution in [3.05, 3.63) is 24.0 Å². The summed E-state index contributed by atoms with van der Waals surface area (Å²) in [6.45, 7) is 5.79. The molecular formula is C24H34F2O5. The Kier molecular flexibility index (Phi) is 9.52. The molecule has 0 unspecified atom stereocenters. The molecule has 0 spiro atoms. The molecule has 1 aliphatic carbocycles. The van der Waals surface area contributed by atoms with Gasteiger partial charge in [-0.15, -0.1) is 11.8 Å². The van der Waals surface area contributed by atoms with Crippen LogP contribution in [0, 0.1) is 29.6 Å². The number of aliphatic hydroxyl groups excluding tert-OH is 2. The van der Waals surface area contributed by atoms with E-state index in [2.05, 4.69) is 11.8 Å². The second kappa shape index (κ2) is 11.6. The molecule has 0 amide bonds. The molecule has 1 saturated carbocycles. The van der Waals surface area contributed by atoms with Gasteiger partial charge in [0.25, 0.3) is 0 Å². The van der Waals surface area contributed by atoms with Gasteiger partial charge in [-0.2, -0.15) is 8.78 Å². The van der Waals surface area contributed by atoms with Crippen LogP contribution in [0.15, 0.2) is 24.0 Å². The zero-order valence-corrected chi connectivity index (χ0v) is 18.5. The van der Waals surface area contributed by atoms with Crippen LogP contribution in [0.2, 0.25) is 0 Å². The van der Waals surface area contributed by atoms with E-state index < -0.39 is 36.1 Å². The molecule has 31 heavy (non-hydrogen) atoms. The highest BCUT2D eigenvalue weighted by Crippen LogP contribution is 2.54. The Bertz CT molecular complexity index is 721. The number of halogens is 2. The predicted molar refractivity (Wildman–Crippen MR) is 113 cm³/mol. The third-order valence-electron chi connectivity index (χ3n) is 5.82. The molecular weight excluding hydrogens is 406 g/mol. The van der Waals surface area contributed by atoms with Gasteiger partial charge < -0.3 is 19.7 Å². The summed E-state index contributed by atoms with van der Waals surface area (Å²) in [6.07, 6.45) is 3.99. The van der Waals surface area contributed by atoms with E-state index >= 15 is 8.78 Å². The Labute approximate surface area is 183 Å². The predicted octanol–water partition coefficient (Wildman–Crippen LogP) is 3.99. The van der Waals surface area contributed by atoms with E-state index in [1.54, 1.807) is 6.92 Å². The van der Waals surface area contributed by atoms with E-state index in [0.717, 1.165) is 6.42 Å². The monoisotopic (exact) mass is 440 g/mol. The fourth-order valence-electron chi connectivity index (χ4n) is 4.09. The van der Waals surface area contributed by atoms with Crippen molar-refractivity contribution in [1.82, 2.24) is 0 Å². The highest BCUT2D eigenvalue weighted by molar-refractivity contribution is 5.69. The molecule has 0 radical (unpaired) electrons. The number of unbranched alkanes of at least 4 members (excludes halogenated alkanes) is 1. The lowest BCUT2D eigenvalue weighted by molar-refractivity contribution is -0.143. The van der Waals surface area contributed by atoms with Crippen molar-refractivity contribution in [2.45, 2.75) is 83.5 Å². The largest absolute Gasteiger partial charge is 0.488 e. The highest BCUT2D eigenvalue weighted by Gasteiger charge is 2.63. The number of hydrogen-bond acceptors (Lipinski definition) is 5. The molecule has 1 aliphatic heterocycles. The summed E-state index contributed by atoms with van der Waals surface area (Å²) in [5.41, 5.74) is 0. The second-order valence-corrected chi connectivity index (χ2v) is 8.22. The number of rotatable bonds is 9. The molecule has 0 bridgehead atoms. The van der Waals surface area contributed by atoms with E-state index in [-0.39, 0.29) is 36.9 Å². The SMILES string of the molecule is CCC#CC[C@H](C)[C@H](O)/C=C/[C@@H]1[C@@H]2[C@H](C[C@H]1O)O/C(=C/CCCC(=O)OCC)C2(F)F. The summed E-state index contributed by atoms with van der Waals surface area (Å²) in [6, 6.07) is 0. The summed E-state index contributed by atoms with van der Waals surface area (Å²) in [5, 5.41) is 20.6. The van der Waals surface area contributed by atoms with Gasteiger partial charge in [-0.1, -0.05) is 26.0 Å². The molecule has 1 heterocycles. The molecule has 2 fully saturated rings. The highest BCUT2D eigenvalue weighted by atomic mass is 19.3. The summed E-state index contributed by atoms with van der Waals surface area (Å²) >= 11 is 0. The van der Waals surface area contributed by atoms with Gasteiger partial charge in [0.1, 0.15) is 6.10 Å². The molecule has 0 aromatic heterocycles. The zero-order chi connectivity index (χ0) is 23.0. The second-order valence-electron chi connectivity index (χ2n) is 8.22. The first-order valence-electron chi connectivity index (χ1n) is 11.1. The Hall–Kier alpha value is -1.91. The van der Waals surface area contributed by atoms with Crippen LogP contribution in [0.1, 0.15) is 59.3 Å². The molecule has 6 atom stereocenters. The quantitative estimate of drug-likeness (QED) is 0.245. The third-order valence-corrected chi connectivity index (χ3v) is 5.82. The Morgan fingerprint density at radius 2 is 2.13 bits per heavy atom. The number of allylic oxidation sites excluding steroid dienone is 2. The molecule has 0 aromatic rings. The topological polar surface area (TPSA) is 76.0 Å². The van der Waals surface area contributed by atoms with Gasteiger partial charge in [0.15, 0.2) is 5.76 Å². The van der Waals surface area contributed by atoms with E-state index in [1.807, 2.05) is 13.8 Å². The van der Waals surface area contributed by atoms with E-state index in [9.17, 15) is 15.0 Å². The van der Waals surface area contributed by atoms with Gasteiger partial charge in [-0.05, 0) is 31.8 Å². The minimum Gasteiger partial charge on any atom is -0.488 e. The molecule has 1 saturated heterocycles. The van der Waals surface area contributed by atoms with Crippen molar-refractivity contribution >= 4 is 5.97 Å². The van der Waals surface area contributed by atoms with Crippen LogP contribution in [0.4, 0.5) is 8.78 Å². The van der Waals surface area contributed by atoms with Gasteiger partial charge in [-0.25, -0.2) is 0 Å². The summed E-state index contributed by atoms with van der Waals surface area (Å²) in [7, 11) is 0. The van der Waals surface area contributed by atoms with Crippen LogP contribution < -0.4 is 0 Å².